The van der Waals surface area contributed by atoms with Gasteiger partial charge < -0.3 is 9.47 Å². The van der Waals surface area contributed by atoms with Gasteiger partial charge in [0.1, 0.15) is 5.75 Å². The lowest BCUT2D eigenvalue weighted by atomic mass is 9.78. The Balaban J connectivity index is 1.29. The molecule has 1 aromatic heterocycles. The molecular weight excluding hydrogens is 440 g/mol. The van der Waals surface area contributed by atoms with E-state index in [1.807, 2.05) is 12.1 Å². The molecule has 0 bridgehead atoms. The van der Waals surface area contributed by atoms with Crippen LogP contribution in [0.25, 0.3) is 10.6 Å². The topological polar surface area (TPSA) is 44.2 Å². The largest absolute Gasteiger partial charge is 0.494 e. The Morgan fingerprint density at radius 3 is 2.03 bits per heavy atom. The van der Waals surface area contributed by atoms with Gasteiger partial charge in [0.05, 0.1) is 13.2 Å². The van der Waals surface area contributed by atoms with Gasteiger partial charge in [0.15, 0.2) is 5.01 Å². The predicted molar refractivity (Wildman–Crippen MR) is 144 cm³/mol. The second kappa shape index (κ2) is 16.1. The maximum Gasteiger partial charge on any atom is 0.294 e. The van der Waals surface area contributed by atoms with Gasteiger partial charge in [0.2, 0.25) is 0 Å². The van der Waals surface area contributed by atoms with Crippen LogP contribution in [0.5, 0.6) is 10.9 Å². The van der Waals surface area contributed by atoms with E-state index in [1.54, 1.807) is 0 Å². The molecule has 0 amide bonds. The van der Waals surface area contributed by atoms with Gasteiger partial charge >= 0.3 is 0 Å². The first-order valence-corrected chi connectivity index (χ1v) is 14.8. The number of rotatable bonds is 17. The lowest BCUT2D eigenvalue weighted by molar-refractivity contribution is 0.227. The minimum absolute atomic E-state index is 0.682. The van der Waals surface area contributed by atoms with Crippen molar-refractivity contribution in [3.63, 3.8) is 0 Å². The van der Waals surface area contributed by atoms with Crippen LogP contribution < -0.4 is 9.47 Å². The number of hydrogen-bond donors (Lipinski definition) is 0. The van der Waals surface area contributed by atoms with Crippen LogP contribution >= 0.6 is 11.3 Å². The zero-order valence-electron chi connectivity index (χ0n) is 21.6. The minimum Gasteiger partial charge on any atom is -0.494 e. The summed E-state index contributed by atoms with van der Waals surface area (Å²) in [6, 6.07) is 8.19. The summed E-state index contributed by atoms with van der Waals surface area (Å²) < 4.78 is 11.8. The van der Waals surface area contributed by atoms with E-state index in [0.29, 0.717) is 5.19 Å². The predicted octanol–water partition coefficient (Wildman–Crippen LogP) is 9.10. The van der Waals surface area contributed by atoms with E-state index in [9.17, 15) is 0 Å². The van der Waals surface area contributed by atoms with Crippen molar-refractivity contribution < 1.29 is 9.47 Å². The number of unbranched alkanes of at least 4 members (excludes halogenated alkanes) is 6. The number of benzene rings is 1. The van der Waals surface area contributed by atoms with E-state index < -0.39 is 0 Å². The maximum absolute atomic E-state index is 5.92. The molecule has 3 rings (SSSR count). The third kappa shape index (κ3) is 9.93. The van der Waals surface area contributed by atoms with Crippen LogP contribution in [0.2, 0.25) is 0 Å². The molecular formula is C29H46N2O2S. The van der Waals surface area contributed by atoms with Gasteiger partial charge in [-0.25, -0.2) is 0 Å². The number of aromatic nitrogens is 2. The summed E-state index contributed by atoms with van der Waals surface area (Å²) in [7, 11) is 0. The van der Waals surface area contributed by atoms with Gasteiger partial charge in [0.25, 0.3) is 5.19 Å². The molecule has 1 aliphatic rings. The van der Waals surface area contributed by atoms with Crippen molar-refractivity contribution in [1.29, 1.82) is 0 Å². The van der Waals surface area contributed by atoms with Gasteiger partial charge in [-0.3, -0.25) is 0 Å². The number of ether oxygens (including phenoxy) is 2. The van der Waals surface area contributed by atoms with Crippen LogP contribution in [0.3, 0.4) is 0 Å². The fraction of sp³-hybridized carbons (Fsp3) is 0.724. The summed E-state index contributed by atoms with van der Waals surface area (Å²) in [6.07, 6.45) is 20.0. The van der Waals surface area contributed by atoms with Crippen molar-refractivity contribution in [1.82, 2.24) is 10.2 Å². The average Bonchev–Trinajstić information content (AvgIpc) is 3.34. The molecule has 1 fully saturated rings. The van der Waals surface area contributed by atoms with Crippen LogP contribution in [-0.4, -0.2) is 23.4 Å². The van der Waals surface area contributed by atoms with E-state index in [4.69, 9.17) is 9.47 Å². The molecule has 5 heteroatoms. The van der Waals surface area contributed by atoms with Crippen molar-refractivity contribution in [2.45, 2.75) is 110 Å². The Morgan fingerprint density at radius 2 is 1.32 bits per heavy atom. The molecule has 0 saturated heterocycles. The zero-order chi connectivity index (χ0) is 23.8. The summed E-state index contributed by atoms with van der Waals surface area (Å²) in [5.74, 6) is 2.82. The van der Waals surface area contributed by atoms with E-state index in [2.05, 4.69) is 36.2 Å². The minimum atomic E-state index is 0.682. The van der Waals surface area contributed by atoms with Crippen molar-refractivity contribution in [3.8, 4) is 21.5 Å². The van der Waals surface area contributed by atoms with Crippen molar-refractivity contribution >= 4 is 11.3 Å². The van der Waals surface area contributed by atoms with E-state index in [0.717, 1.165) is 54.2 Å². The molecule has 0 N–H and O–H groups in total. The summed E-state index contributed by atoms with van der Waals surface area (Å²) >= 11 is 1.53. The molecule has 1 aromatic carbocycles. The molecule has 0 atom stereocenters. The Hall–Kier alpha value is -1.62. The van der Waals surface area contributed by atoms with Crippen molar-refractivity contribution in [3.05, 3.63) is 24.3 Å². The van der Waals surface area contributed by atoms with Gasteiger partial charge in [-0.15, -0.1) is 5.10 Å². The normalized spacial score (nSPS) is 18.2. The summed E-state index contributed by atoms with van der Waals surface area (Å²) in [6.45, 7) is 6.08. The molecule has 2 aromatic rings. The van der Waals surface area contributed by atoms with Crippen LogP contribution in [0.15, 0.2) is 24.3 Å². The standard InChI is InChI=1S/C29H46N2O2S/c1-3-5-7-8-10-22-32-27-20-18-26(19-21-27)28-30-31-29(34-28)33-23-11-13-25-16-14-24(15-17-25)12-9-6-4-2/h18-21,24-25H,3-17,22-23H2,1-2H3. The molecule has 4 nitrogen and oxygen atoms in total. The highest BCUT2D eigenvalue weighted by Crippen LogP contribution is 2.34. The summed E-state index contributed by atoms with van der Waals surface area (Å²) in [4.78, 5) is 0. The monoisotopic (exact) mass is 486 g/mol. The Morgan fingerprint density at radius 1 is 0.706 bits per heavy atom. The molecule has 1 heterocycles. The van der Waals surface area contributed by atoms with Crippen LogP contribution in [0.4, 0.5) is 0 Å². The number of nitrogens with zero attached hydrogens (tertiary/aromatic N) is 2. The molecule has 0 unspecified atom stereocenters. The SMILES string of the molecule is CCCCCCCOc1ccc(-c2nnc(OCCCC3CCC(CCCCC)CC3)s2)cc1. The molecule has 0 spiro atoms. The van der Waals surface area contributed by atoms with Crippen LogP contribution in [-0.2, 0) is 0 Å². The van der Waals surface area contributed by atoms with Gasteiger partial charge in [-0.05, 0) is 55.4 Å². The first-order chi connectivity index (χ1) is 16.8. The van der Waals surface area contributed by atoms with E-state index >= 15 is 0 Å². The summed E-state index contributed by atoms with van der Waals surface area (Å²) in [5.41, 5.74) is 1.07. The first-order valence-electron chi connectivity index (χ1n) is 14.0. The second-order valence-corrected chi connectivity index (χ2v) is 11.0. The van der Waals surface area contributed by atoms with Crippen LogP contribution in [0.1, 0.15) is 110 Å². The zero-order valence-corrected chi connectivity index (χ0v) is 22.4. The summed E-state index contributed by atoms with van der Waals surface area (Å²) in [5, 5.41) is 10.2. The molecule has 1 saturated carbocycles. The third-order valence-electron chi connectivity index (χ3n) is 7.19. The molecule has 0 radical (unpaired) electrons. The maximum atomic E-state index is 5.92. The lowest BCUT2D eigenvalue weighted by Gasteiger charge is -2.28. The fourth-order valence-corrected chi connectivity index (χ4v) is 5.72. The smallest absolute Gasteiger partial charge is 0.294 e. The van der Waals surface area contributed by atoms with Crippen molar-refractivity contribution in [2.24, 2.45) is 11.8 Å². The lowest BCUT2D eigenvalue weighted by Crippen LogP contribution is -2.15. The molecule has 190 valence electrons. The Bertz CT molecular complexity index is 769. The molecule has 34 heavy (non-hydrogen) atoms. The van der Waals surface area contributed by atoms with Gasteiger partial charge in [0, 0.05) is 5.56 Å². The molecule has 1 aliphatic carbocycles. The third-order valence-corrected chi connectivity index (χ3v) is 8.07. The highest BCUT2D eigenvalue weighted by Gasteiger charge is 2.20. The average molecular weight is 487 g/mol. The second-order valence-electron chi connectivity index (χ2n) is 10.0. The molecule has 0 aliphatic heterocycles. The Kier molecular flexibility index (Phi) is 12.8. The fourth-order valence-electron chi connectivity index (χ4n) is 5.00. The van der Waals surface area contributed by atoms with Crippen LogP contribution in [0, 0.1) is 11.8 Å². The quantitative estimate of drug-likeness (QED) is 0.209. The first kappa shape index (κ1) is 27.0. The highest BCUT2D eigenvalue weighted by atomic mass is 32.1. The van der Waals surface area contributed by atoms with Gasteiger partial charge in [-0.2, -0.15) is 0 Å². The highest BCUT2D eigenvalue weighted by molar-refractivity contribution is 7.16. The van der Waals surface area contributed by atoms with E-state index in [1.165, 1.54) is 94.8 Å². The van der Waals surface area contributed by atoms with Crippen molar-refractivity contribution in [2.75, 3.05) is 13.2 Å². The van der Waals surface area contributed by atoms with E-state index in [-0.39, 0.29) is 0 Å². The Labute approximate surface area is 211 Å². The van der Waals surface area contributed by atoms with Gasteiger partial charge in [-0.1, -0.05) is 107 Å². The number of hydrogen-bond acceptors (Lipinski definition) is 5.